The Morgan fingerprint density at radius 2 is 2.19 bits per heavy atom. The molecule has 88 valence electrons. The maximum Gasteiger partial charge on any atom is 0.246 e. The van der Waals surface area contributed by atoms with Crippen molar-refractivity contribution in [3.8, 4) is 0 Å². The molecule has 16 heavy (non-hydrogen) atoms. The van der Waals surface area contributed by atoms with Crippen LogP contribution in [-0.4, -0.2) is 23.6 Å². The fourth-order valence-electron chi connectivity index (χ4n) is 1.23. The predicted octanol–water partition coefficient (Wildman–Crippen LogP) is 1.68. The van der Waals surface area contributed by atoms with E-state index in [1.165, 1.54) is 0 Å². The highest BCUT2D eigenvalue weighted by atomic mass is 16.5. The second-order valence-electron chi connectivity index (χ2n) is 3.90. The van der Waals surface area contributed by atoms with Crippen LogP contribution < -0.4 is 5.32 Å². The number of rotatable bonds is 5. The van der Waals surface area contributed by atoms with Crippen LogP contribution in [0.1, 0.15) is 32.5 Å². The van der Waals surface area contributed by atoms with E-state index in [4.69, 9.17) is 4.74 Å². The minimum Gasteiger partial charge on any atom is -0.369 e. The summed E-state index contributed by atoms with van der Waals surface area (Å²) in [5.74, 6) is -0.119. The van der Waals surface area contributed by atoms with Gasteiger partial charge in [0.05, 0.1) is 17.8 Å². The highest BCUT2D eigenvalue weighted by molar-refractivity contribution is 5.77. The largest absolute Gasteiger partial charge is 0.369 e. The molecule has 1 amide bonds. The Balaban J connectivity index is 2.40. The molecule has 1 N–H and O–H groups in total. The quantitative estimate of drug-likeness (QED) is 0.824. The molecule has 1 unspecified atom stereocenters. The molecule has 0 fully saturated rings. The lowest BCUT2D eigenvalue weighted by Crippen LogP contribution is -2.31. The average molecular weight is 222 g/mol. The molecule has 0 aliphatic carbocycles. The molecule has 1 aromatic rings. The van der Waals surface area contributed by atoms with Crippen molar-refractivity contribution in [1.82, 2.24) is 10.3 Å². The molecule has 0 saturated heterocycles. The van der Waals surface area contributed by atoms with Crippen molar-refractivity contribution >= 4 is 5.91 Å². The first-order valence-electron chi connectivity index (χ1n) is 5.41. The summed E-state index contributed by atoms with van der Waals surface area (Å²) in [5.41, 5.74) is 0.848. The minimum absolute atomic E-state index is 0.0657. The van der Waals surface area contributed by atoms with Gasteiger partial charge in [0.2, 0.25) is 5.91 Å². The van der Waals surface area contributed by atoms with E-state index in [1.807, 2.05) is 39.0 Å². The molecule has 1 aromatic heterocycles. The standard InChI is InChI=1S/C12H18N2O2/c1-9(2)16-8-12(15)14-10(3)11-6-4-5-7-13-11/h4-7,9-10H,8H2,1-3H3,(H,14,15). The Morgan fingerprint density at radius 3 is 2.75 bits per heavy atom. The topological polar surface area (TPSA) is 51.2 Å². The average Bonchev–Trinajstić information content (AvgIpc) is 2.27. The number of amides is 1. The van der Waals surface area contributed by atoms with E-state index in [9.17, 15) is 4.79 Å². The Labute approximate surface area is 96.0 Å². The number of carbonyl (C=O) groups excluding carboxylic acids is 1. The zero-order valence-corrected chi connectivity index (χ0v) is 9.93. The molecule has 1 atom stereocenters. The first-order chi connectivity index (χ1) is 7.59. The van der Waals surface area contributed by atoms with Crippen molar-refractivity contribution in [3.05, 3.63) is 30.1 Å². The summed E-state index contributed by atoms with van der Waals surface area (Å²) in [5, 5.41) is 2.83. The van der Waals surface area contributed by atoms with Crippen LogP contribution in [0.2, 0.25) is 0 Å². The number of carbonyl (C=O) groups is 1. The highest BCUT2D eigenvalue weighted by Crippen LogP contribution is 2.07. The summed E-state index contributed by atoms with van der Waals surface area (Å²) in [6.45, 7) is 5.79. The third kappa shape index (κ3) is 4.40. The first-order valence-corrected chi connectivity index (χ1v) is 5.41. The van der Waals surface area contributed by atoms with Crippen LogP contribution >= 0.6 is 0 Å². The van der Waals surface area contributed by atoms with Gasteiger partial charge in [0.1, 0.15) is 6.61 Å². The Hall–Kier alpha value is -1.42. The maximum absolute atomic E-state index is 11.5. The number of hydrogen-bond donors (Lipinski definition) is 1. The van der Waals surface area contributed by atoms with Crippen LogP contribution in [0.15, 0.2) is 24.4 Å². The van der Waals surface area contributed by atoms with Crippen molar-refractivity contribution in [2.75, 3.05) is 6.61 Å². The van der Waals surface area contributed by atoms with Crippen molar-refractivity contribution in [2.45, 2.75) is 32.9 Å². The zero-order valence-electron chi connectivity index (χ0n) is 9.93. The van der Waals surface area contributed by atoms with E-state index in [2.05, 4.69) is 10.3 Å². The molecule has 0 aliphatic heterocycles. The van der Waals surface area contributed by atoms with Crippen molar-refractivity contribution < 1.29 is 9.53 Å². The molecule has 0 radical (unpaired) electrons. The lowest BCUT2D eigenvalue weighted by atomic mass is 10.2. The van der Waals surface area contributed by atoms with Gasteiger partial charge in [-0.1, -0.05) is 6.07 Å². The van der Waals surface area contributed by atoms with Crippen LogP contribution in [0.5, 0.6) is 0 Å². The molecular weight excluding hydrogens is 204 g/mol. The number of hydrogen-bond acceptors (Lipinski definition) is 3. The lowest BCUT2D eigenvalue weighted by molar-refractivity contribution is -0.127. The molecule has 0 saturated carbocycles. The van der Waals surface area contributed by atoms with E-state index in [1.54, 1.807) is 6.20 Å². The fourth-order valence-corrected chi connectivity index (χ4v) is 1.23. The van der Waals surface area contributed by atoms with Gasteiger partial charge in [0.15, 0.2) is 0 Å². The summed E-state index contributed by atoms with van der Waals surface area (Å²) in [4.78, 5) is 15.6. The number of ether oxygens (including phenoxy) is 1. The Morgan fingerprint density at radius 1 is 1.44 bits per heavy atom. The summed E-state index contributed by atoms with van der Waals surface area (Å²) in [7, 11) is 0. The number of pyridine rings is 1. The second-order valence-corrected chi connectivity index (χ2v) is 3.90. The summed E-state index contributed by atoms with van der Waals surface area (Å²) >= 11 is 0. The van der Waals surface area contributed by atoms with Crippen LogP contribution in [0.4, 0.5) is 0 Å². The van der Waals surface area contributed by atoms with E-state index in [0.717, 1.165) is 5.69 Å². The number of nitrogens with zero attached hydrogens (tertiary/aromatic N) is 1. The fraction of sp³-hybridized carbons (Fsp3) is 0.500. The molecule has 4 nitrogen and oxygen atoms in total. The molecule has 0 bridgehead atoms. The third-order valence-corrected chi connectivity index (χ3v) is 2.06. The molecule has 1 heterocycles. The van der Waals surface area contributed by atoms with E-state index in [-0.39, 0.29) is 24.7 Å². The van der Waals surface area contributed by atoms with Gasteiger partial charge in [-0.25, -0.2) is 0 Å². The molecular formula is C12H18N2O2. The molecule has 0 spiro atoms. The summed E-state index contributed by atoms with van der Waals surface area (Å²) in [6, 6.07) is 5.54. The predicted molar refractivity (Wildman–Crippen MR) is 61.9 cm³/mol. The smallest absolute Gasteiger partial charge is 0.246 e. The molecule has 0 aliphatic rings. The van der Waals surface area contributed by atoms with E-state index in [0.29, 0.717) is 0 Å². The summed E-state index contributed by atoms with van der Waals surface area (Å²) in [6.07, 6.45) is 1.78. The van der Waals surface area contributed by atoms with Crippen LogP contribution in [-0.2, 0) is 9.53 Å². The van der Waals surface area contributed by atoms with Gasteiger partial charge in [0, 0.05) is 6.20 Å². The molecule has 0 aromatic carbocycles. The van der Waals surface area contributed by atoms with Crippen LogP contribution in [0.3, 0.4) is 0 Å². The van der Waals surface area contributed by atoms with E-state index >= 15 is 0 Å². The maximum atomic E-state index is 11.5. The second kappa shape index (κ2) is 6.23. The zero-order chi connectivity index (χ0) is 12.0. The number of nitrogens with one attached hydrogen (secondary N) is 1. The van der Waals surface area contributed by atoms with Gasteiger partial charge in [-0.2, -0.15) is 0 Å². The SMILES string of the molecule is CC(C)OCC(=O)NC(C)c1ccccn1. The normalized spacial score (nSPS) is 12.5. The first kappa shape index (κ1) is 12.6. The van der Waals surface area contributed by atoms with Gasteiger partial charge in [-0.05, 0) is 32.9 Å². The monoisotopic (exact) mass is 222 g/mol. The van der Waals surface area contributed by atoms with Crippen molar-refractivity contribution in [2.24, 2.45) is 0 Å². The van der Waals surface area contributed by atoms with Gasteiger partial charge in [0.25, 0.3) is 0 Å². The van der Waals surface area contributed by atoms with Gasteiger partial charge >= 0.3 is 0 Å². The van der Waals surface area contributed by atoms with Crippen molar-refractivity contribution in [3.63, 3.8) is 0 Å². The number of aromatic nitrogens is 1. The van der Waals surface area contributed by atoms with Crippen LogP contribution in [0.25, 0.3) is 0 Å². The lowest BCUT2D eigenvalue weighted by Gasteiger charge is -2.14. The highest BCUT2D eigenvalue weighted by Gasteiger charge is 2.10. The van der Waals surface area contributed by atoms with Gasteiger partial charge in [-0.15, -0.1) is 0 Å². The van der Waals surface area contributed by atoms with Crippen molar-refractivity contribution in [1.29, 1.82) is 0 Å². The van der Waals surface area contributed by atoms with Crippen LogP contribution in [0, 0.1) is 0 Å². The van der Waals surface area contributed by atoms with E-state index < -0.39 is 0 Å². The molecule has 4 heteroatoms. The van der Waals surface area contributed by atoms with Gasteiger partial charge < -0.3 is 10.1 Å². The summed E-state index contributed by atoms with van der Waals surface area (Å²) < 4.78 is 5.21. The van der Waals surface area contributed by atoms with Gasteiger partial charge in [-0.3, -0.25) is 9.78 Å². The third-order valence-electron chi connectivity index (χ3n) is 2.06. The minimum atomic E-state index is -0.119. The molecule has 1 rings (SSSR count). The Bertz CT molecular complexity index is 325. The Kier molecular flexibility index (Phi) is 4.92.